The van der Waals surface area contributed by atoms with E-state index in [1.54, 1.807) is 28.9 Å². The summed E-state index contributed by atoms with van der Waals surface area (Å²) in [5.41, 5.74) is 4.43. The highest BCUT2D eigenvalue weighted by Crippen LogP contribution is 2.36. The van der Waals surface area contributed by atoms with Crippen molar-refractivity contribution in [2.45, 2.75) is 6.54 Å². The molecular weight excluding hydrogens is 364 g/mol. The molecule has 0 N–H and O–H groups in total. The van der Waals surface area contributed by atoms with Gasteiger partial charge in [-0.1, -0.05) is 23.7 Å². The number of methoxy groups -OCH3 is 1. The second-order valence-corrected chi connectivity index (χ2v) is 6.70. The molecule has 0 aliphatic rings. The number of rotatable bonds is 5. The fourth-order valence-corrected chi connectivity index (χ4v) is 3.36. The quantitative estimate of drug-likeness (QED) is 0.530. The molecule has 3 aromatic heterocycles. The van der Waals surface area contributed by atoms with Crippen molar-refractivity contribution in [3.63, 3.8) is 0 Å². The van der Waals surface area contributed by atoms with Crippen LogP contribution >= 0.6 is 11.6 Å². The van der Waals surface area contributed by atoms with Crippen LogP contribution in [0.15, 0.2) is 49.1 Å². The zero-order valence-corrected chi connectivity index (χ0v) is 16.1. The van der Waals surface area contributed by atoms with E-state index in [9.17, 15) is 0 Å². The Hall–Kier alpha value is -3.06. The molecule has 0 aliphatic heterocycles. The fourth-order valence-electron chi connectivity index (χ4n) is 3.01. The molecule has 0 spiro atoms. The molecule has 0 aliphatic carbocycles. The van der Waals surface area contributed by atoms with E-state index < -0.39 is 0 Å². The third kappa shape index (κ3) is 3.33. The maximum Gasteiger partial charge on any atom is 0.118 e. The first kappa shape index (κ1) is 17.4. The summed E-state index contributed by atoms with van der Waals surface area (Å²) < 4.78 is 10.6. The van der Waals surface area contributed by atoms with Crippen molar-refractivity contribution in [1.29, 1.82) is 0 Å². The van der Waals surface area contributed by atoms with Crippen molar-refractivity contribution in [3.8, 4) is 28.3 Å². The summed E-state index contributed by atoms with van der Waals surface area (Å²) >= 11 is 6.75. The standard InChI is InChI=1S/C19H19ClN6O/c1-24-11-14(8-21-24)18-17(20)19(15-9-22-25(2)12-15)26(23-18)10-13-4-6-16(27-3)7-5-13/h4-9,11-12H,10H2,1-3H3. The van der Waals surface area contributed by atoms with Gasteiger partial charge in [0.15, 0.2) is 0 Å². The van der Waals surface area contributed by atoms with Gasteiger partial charge in [-0.15, -0.1) is 0 Å². The van der Waals surface area contributed by atoms with Crippen molar-refractivity contribution in [3.05, 3.63) is 59.6 Å². The van der Waals surface area contributed by atoms with Crippen LogP contribution in [0, 0.1) is 0 Å². The summed E-state index contributed by atoms with van der Waals surface area (Å²) in [7, 11) is 5.40. The SMILES string of the molecule is COc1ccc(Cn2nc(-c3cnn(C)c3)c(Cl)c2-c2cnn(C)c2)cc1. The van der Waals surface area contributed by atoms with Gasteiger partial charge in [0.1, 0.15) is 11.4 Å². The maximum atomic E-state index is 6.75. The molecule has 4 aromatic rings. The molecule has 0 radical (unpaired) electrons. The highest BCUT2D eigenvalue weighted by molar-refractivity contribution is 6.35. The topological polar surface area (TPSA) is 62.7 Å². The van der Waals surface area contributed by atoms with Crippen molar-refractivity contribution in [1.82, 2.24) is 29.3 Å². The van der Waals surface area contributed by atoms with Crippen LogP contribution in [0.2, 0.25) is 5.02 Å². The molecule has 0 amide bonds. The molecule has 7 nitrogen and oxygen atoms in total. The van der Waals surface area contributed by atoms with Gasteiger partial charge in [-0.05, 0) is 17.7 Å². The van der Waals surface area contributed by atoms with Gasteiger partial charge in [-0.3, -0.25) is 14.0 Å². The third-order valence-corrected chi connectivity index (χ3v) is 4.70. The first-order valence-corrected chi connectivity index (χ1v) is 8.80. The van der Waals surface area contributed by atoms with E-state index in [1.165, 1.54) is 0 Å². The molecule has 0 saturated heterocycles. The van der Waals surface area contributed by atoms with E-state index in [0.717, 1.165) is 28.1 Å². The molecule has 8 heteroatoms. The Kier molecular flexibility index (Phi) is 4.45. The molecule has 0 atom stereocenters. The molecule has 138 valence electrons. The zero-order valence-electron chi connectivity index (χ0n) is 15.3. The summed E-state index contributed by atoms with van der Waals surface area (Å²) in [6.45, 7) is 0.578. The number of halogens is 1. The first-order chi connectivity index (χ1) is 13.0. The minimum atomic E-state index is 0.578. The van der Waals surface area contributed by atoms with Crippen LogP contribution in [0.4, 0.5) is 0 Å². The number of hydrogen-bond donors (Lipinski definition) is 0. The molecule has 4 rings (SSSR count). The van der Waals surface area contributed by atoms with Crippen molar-refractivity contribution >= 4 is 11.6 Å². The highest BCUT2D eigenvalue weighted by atomic mass is 35.5. The van der Waals surface area contributed by atoms with Gasteiger partial charge in [-0.2, -0.15) is 15.3 Å². The van der Waals surface area contributed by atoms with Crippen LogP contribution in [0.5, 0.6) is 5.75 Å². The lowest BCUT2D eigenvalue weighted by Crippen LogP contribution is -2.04. The van der Waals surface area contributed by atoms with Gasteiger partial charge in [0, 0.05) is 37.6 Å². The molecule has 0 saturated carbocycles. The summed E-state index contributed by atoms with van der Waals surface area (Å²) in [5, 5.41) is 13.9. The molecule has 0 bridgehead atoms. The number of hydrogen-bond acceptors (Lipinski definition) is 4. The molecule has 3 heterocycles. The number of nitrogens with zero attached hydrogens (tertiary/aromatic N) is 6. The summed E-state index contributed by atoms with van der Waals surface area (Å²) in [6.07, 6.45) is 7.39. The number of aryl methyl sites for hydroxylation is 2. The van der Waals surface area contributed by atoms with E-state index >= 15 is 0 Å². The Morgan fingerprint density at radius 2 is 1.59 bits per heavy atom. The van der Waals surface area contributed by atoms with Gasteiger partial charge in [0.05, 0.1) is 36.8 Å². The van der Waals surface area contributed by atoms with Crippen molar-refractivity contribution < 1.29 is 4.74 Å². The molecule has 27 heavy (non-hydrogen) atoms. The van der Waals surface area contributed by atoms with E-state index in [1.807, 2.05) is 55.4 Å². The largest absolute Gasteiger partial charge is 0.497 e. The maximum absolute atomic E-state index is 6.75. The predicted molar refractivity (Wildman–Crippen MR) is 104 cm³/mol. The van der Waals surface area contributed by atoms with Gasteiger partial charge in [0.2, 0.25) is 0 Å². The lowest BCUT2D eigenvalue weighted by atomic mass is 10.2. The first-order valence-electron chi connectivity index (χ1n) is 8.42. The Morgan fingerprint density at radius 3 is 2.15 bits per heavy atom. The average molecular weight is 383 g/mol. The number of aromatic nitrogens is 6. The second kappa shape index (κ2) is 6.92. The number of benzene rings is 1. The summed E-state index contributed by atoms with van der Waals surface area (Å²) in [4.78, 5) is 0. The highest BCUT2D eigenvalue weighted by Gasteiger charge is 2.21. The minimum absolute atomic E-state index is 0.578. The lowest BCUT2D eigenvalue weighted by Gasteiger charge is -2.07. The monoisotopic (exact) mass is 382 g/mol. The molecule has 0 unspecified atom stereocenters. The molecular formula is C19H19ClN6O. The van der Waals surface area contributed by atoms with Crippen LogP contribution in [-0.2, 0) is 20.6 Å². The van der Waals surface area contributed by atoms with Gasteiger partial charge < -0.3 is 4.74 Å². The fraction of sp³-hybridized carbons (Fsp3) is 0.211. The van der Waals surface area contributed by atoms with E-state index in [2.05, 4.69) is 10.2 Å². The second-order valence-electron chi connectivity index (χ2n) is 6.32. The van der Waals surface area contributed by atoms with E-state index in [4.69, 9.17) is 21.4 Å². The predicted octanol–water partition coefficient (Wildman–Crippen LogP) is 3.39. The number of ether oxygens (including phenoxy) is 1. The summed E-state index contributed by atoms with van der Waals surface area (Å²) in [6, 6.07) is 7.91. The molecule has 0 fully saturated rings. The Morgan fingerprint density at radius 1 is 0.963 bits per heavy atom. The van der Waals surface area contributed by atoms with Crippen LogP contribution in [0.25, 0.3) is 22.5 Å². The summed E-state index contributed by atoms with van der Waals surface area (Å²) in [5.74, 6) is 0.820. The minimum Gasteiger partial charge on any atom is -0.497 e. The molecule has 1 aromatic carbocycles. The normalized spacial score (nSPS) is 11.1. The van der Waals surface area contributed by atoms with Crippen molar-refractivity contribution in [2.24, 2.45) is 14.1 Å². The van der Waals surface area contributed by atoms with Crippen LogP contribution in [0.3, 0.4) is 0 Å². The average Bonchev–Trinajstić information content (AvgIpc) is 3.35. The van der Waals surface area contributed by atoms with Gasteiger partial charge >= 0.3 is 0 Å². The van der Waals surface area contributed by atoms with Gasteiger partial charge in [-0.25, -0.2) is 0 Å². The smallest absolute Gasteiger partial charge is 0.118 e. The Labute approximate surface area is 161 Å². The van der Waals surface area contributed by atoms with Crippen LogP contribution < -0.4 is 4.74 Å². The van der Waals surface area contributed by atoms with Crippen LogP contribution in [0.1, 0.15) is 5.56 Å². The lowest BCUT2D eigenvalue weighted by molar-refractivity contribution is 0.414. The van der Waals surface area contributed by atoms with E-state index in [-0.39, 0.29) is 0 Å². The van der Waals surface area contributed by atoms with E-state index in [0.29, 0.717) is 17.3 Å². The van der Waals surface area contributed by atoms with Crippen molar-refractivity contribution in [2.75, 3.05) is 7.11 Å². The Bertz CT molecular complexity index is 1080. The Balaban J connectivity index is 1.80. The zero-order chi connectivity index (χ0) is 19.0. The van der Waals surface area contributed by atoms with Crippen LogP contribution in [-0.4, -0.2) is 36.5 Å². The van der Waals surface area contributed by atoms with Gasteiger partial charge in [0.25, 0.3) is 0 Å². The third-order valence-electron chi connectivity index (χ3n) is 4.34.